The van der Waals surface area contributed by atoms with Crippen molar-refractivity contribution in [2.24, 2.45) is 0 Å². The zero-order valence-electron chi connectivity index (χ0n) is 11.4. The average Bonchev–Trinajstić information content (AvgIpc) is 2.53. The van der Waals surface area contributed by atoms with Gasteiger partial charge in [-0.25, -0.2) is 0 Å². The summed E-state index contributed by atoms with van der Waals surface area (Å²) in [6.07, 6.45) is 4.59. The van der Waals surface area contributed by atoms with Crippen molar-refractivity contribution < 1.29 is 9.90 Å². The van der Waals surface area contributed by atoms with Gasteiger partial charge in [0.25, 0.3) is 0 Å². The summed E-state index contributed by atoms with van der Waals surface area (Å²) in [6, 6.07) is 0.0423. The first-order chi connectivity index (χ1) is 8.06. The molecule has 1 N–H and O–H groups in total. The Morgan fingerprint density at radius 3 is 2.76 bits per heavy atom. The molecule has 0 bridgehead atoms. The number of carboxylic acids is 1. The minimum absolute atomic E-state index is 0.377. The van der Waals surface area contributed by atoms with E-state index < -0.39 is 5.97 Å². The second kappa shape index (κ2) is 6.97. The average molecular weight is 242 g/mol. The van der Waals surface area contributed by atoms with Crippen LogP contribution in [0.2, 0.25) is 0 Å². The maximum atomic E-state index is 11.0. The summed E-state index contributed by atoms with van der Waals surface area (Å²) in [5.41, 5.74) is 0. The molecule has 0 amide bonds. The Morgan fingerprint density at radius 2 is 2.18 bits per heavy atom. The van der Waals surface area contributed by atoms with Crippen LogP contribution in [0.15, 0.2) is 0 Å². The Morgan fingerprint density at radius 1 is 1.47 bits per heavy atom. The van der Waals surface area contributed by atoms with Crippen molar-refractivity contribution in [1.82, 2.24) is 9.80 Å². The fraction of sp³-hybridized carbons (Fsp3) is 0.923. The van der Waals surface area contributed by atoms with Gasteiger partial charge >= 0.3 is 5.97 Å². The van der Waals surface area contributed by atoms with Crippen LogP contribution in [0.3, 0.4) is 0 Å². The van der Waals surface area contributed by atoms with E-state index in [1.165, 1.54) is 25.9 Å². The van der Waals surface area contributed by atoms with Gasteiger partial charge in [-0.3, -0.25) is 9.69 Å². The monoisotopic (exact) mass is 242 g/mol. The summed E-state index contributed by atoms with van der Waals surface area (Å²) in [5.74, 6) is -0.720. The molecule has 4 nitrogen and oxygen atoms in total. The van der Waals surface area contributed by atoms with Gasteiger partial charge < -0.3 is 10.0 Å². The number of hydrogen-bond acceptors (Lipinski definition) is 3. The van der Waals surface area contributed by atoms with Crippen LogP contribution >= 0.6 is 0 Å². The molecule has 1 saturated heterocycles. The molecule has 1 fully saturated rings. The van der Waals surface area contributed by atoms with E-state index in [2.05, 4.69) is 11.8 Å². The molecule has 1 rings (SSSR count). The number of likely N-dealkylation sites (tertiary alicyclic amines) is 1. The number of carbonyl (C=O) groups is 1. The highest BCUT2D eigenvalue weighted by Gasteiger charge is 2.26. The Bertz CT molecular complexity index is 246. The van der Waals surface area contributed by atoms with Crippen LogP contribution in [-0.2, 0) is 4.79 Å². The lowest BCUT2D eigenvalue weighted by Crippen LogP contribution is -2.43. The summed E-state index contributed by atoms with van der Waals surface area (Å²) < 4.78 is 0. The SMILES string of the molecule is CCCN1CCCC(N(C)C(C)C(=O)O)CC1. The Hall–Kier alpha value is -0.610. The molecule has 100 valence electrons. The van der Waals surface area contributed by atoms with Gasteiger partial charge in [-0.2, -0.15) is 0 Å². The molecule has 1 heterocycles. The maximum Gasteiger partial charge on any atom is 0.320 e. The number of likely N-dealkylation sites (N-methyl/N-ethyl adjacent to an activating group) is 1. The molecule has 4 heteroatoms. The van der Waals surface area contributed by atoms with Gasteiger partial charge in [0.2, 0.25) is 0 Å². The molecule has 0 aromatic heterocycles. The van der Waals surface area contributed by atoms with Gasteiger partial charge in [-0.05, 0) is 59.3 Å². The van der Waals surface area contributed by atoms with Crippen LogP contribution in [0, 0.1) is 0 Å². The highest BCUT2D eigenvalue weighted by atomic mass is 16.4. The fourth-order valence-corrected chi connectivity index (χ4v) is 2.58. The number of rotatable bonds is 5. The fourth-order valence-electron chi connectivity index (χ4n) is 2.58. The Kier molecular flexibility index (Phi) is 5.92. The number of nitrogens with zero attached hydrogens (tertiary/aromatic N) is 2. The normalized spacial score (nSPS) is 24.6. The molecule has 0 saturated carbocycles. The molecule has 0 spiro atoms. The van der Waals surface area contributed by atoms with Crippen LogP contribution in [0.1, 0.15) is 39.5 Å². The van der Waals surface area contributed by atoms with Gasteiger partial charge in [-0.15, -0.1) is 0 Å². The van der Waals surface area contributed by atoms with E-state index in [9.17, 15) is 4.79 Å². The minimum atomic E-state index is -0.720. The summed E-state index contributed by atoms with van der Waals surface area (Å²) >= 11 is 0. The first kappa shape index (κ1) is 14.5. The topological polar surface area (TPSA) is 43.8 Å². The van der Waals surface area contributed by atoms with Gasteiger partial charge in [0.15, 0.2) is 0 Å². The van der Waals surface area contributed by atoms with Crippen LogP contribution < -0.4 is 0 Å². The van der Waals surface area contributed by atoms with Crippen molar-refractivity contribution in [3.63, 3.8) is 0 Å². The largest absolute Gasteiger partial charge is 0.480 e. The van der Waals surface area contributed by atoms with Crippen LogP contribution in [-0.4, -0.2) is 59.6 Å². The molecule has 0 aromatic rings. The van der Waals surface area contributed by atoms with Gasteiger partial charge in [-0.1, -0.05) is 6.92 Å². The maximum absolute atomic E-state index is 11.0. The summed E-state index contributed by atoms with van der Waals surface area (Å²) in [4.78, 5) is 15.5. The van der Waals surface area contributed by atoms with E-state index in [1.54, 1.807) is 6.92 Å². The van der Waals surface area contributed by atoms with Crippen LogP contribution in [0.5, 0.6) is 0 Å². The lowest BCUT2D eigenvalue weighted by atomic mass is 10.1. The van der Waals surface area contributed by atoms with Crippen molar-refractivity contribution in [2.45, 2.75) is 51.6 Å². The number of aliphatic carboxylic acids is 1. The quantitative estimate of drug-likeness (QED) is 0.796. The molecule has 0 aromatic carbocycles. The van der Waals surface area contributed by atoms with E-state index in [1.807, 2.05) is 11.9 Å². The Labute approximate surface area is 105 Å². The van der Waals surface area contributed by atoms with Gasteiger partial charge in [0, 0.05) is 6.04 Å². The van der Waals surface area contributed by atoms with Crippen LogP contribution in [0.25, 0.3) is 0 Å². The number of hydrogen-bond donors (Lipinski definition) is 1. The van der Waals surface area contributed by atoms with E-state index >= 15 is 0 Å². The van der Waals surface area contributed by atoms with Crippen molar-refractivity contribution in [2.75, 3.05) is 26.7 Å². The lowest BCUT2D eigenvalue weighted by Gasteiger charge is -2.30. The predicted molar refractivity (Wildman–Crippen MR) is 69.2 cm³/mol. The molecule has 17 heavy (non-hydrogen) atoms. The third kappa shape index (κ3) is 4.28. The van der Waals surface area contributed by atoms with Crippen molar-refractivity contribution in [3.8, 4) is 0 Å². The van der Waals surface area contributed by atoms with E-state index in [-0.39, 0.29) is 6.04 Å². The van der Waals surface area contributed by atoms with Gasteiger partial charge in [0.1, 0.15) is 6.04 Å². The van der Waals surface area contributed by atoms with Crippen molar-refractivity contribution >= 4 is 5.97 Å². The lowest BCUT2D eigenvalue weighted by molar-refractivity contribution is -0.143. The molecule has 0 aliphatic carbocycles. The third-order valence-electron chi connectivity index (χ3n) is 3.87. The van der Waals surface area contributed by atoms with Gasteiger partial charge in [0.05, 0.1) is 0 Å². The standard InChI is InChI=1S/C13H26N2O2/c1-4-8-15-9-5-6-12(7-10-15)14(3)11(2)13(16)17/h11-12H,4-10H2,1-3H3,(H,16,17). The molecule has 2 unspecified atom stereocenters. The van der Waals surface area contributed by atoms with Crippen molar-refractivity contribution in [1.29, 1.82) is 0 Å². The predicted octanol–water partition coefficient (Wildman–Crippen LogP) is 1.66. The smallest absolute Gasteiger partial charge is 0.320 e. The zero-order valence-corrected chi connectivity index (χ0v) is 11.4. The van der Waals surface area contributed by atoms with E-state index in [0.29, 0.717) is 6.04 Å². The third-order valence-corrected chi connectivity index (χ3v) is 3.87. The first-order valence-electron chi connectivity index (χ1n) is 6.73. The minimum Gasteiger partial charge on any atom is -0.480 e. The molecular weight excluding hydrogens is 216 g/mol. The van der Waals surface area contributed by atoms with E-state index in [4.69, 9.17) is 5.11 Å². The molecule has 1 aliphatic rings. The summed E-state index contributed by atoms with van der Waals surface area (Å²) in [5, 5.41) is 9.04. The summed E-state index contributed by atoms with van der Waals surface area (Å²) in [7, 11) is 1.94. The first-order valence-corrected chi connectivity index (χ1v) is 6.73. The Balaban J connectivity index is 2.47. The molecular formula is C13H26N2O2. The zero-order chi connectivity index (χ0) is 12.8. The highest BCUT2D eigenvalue weighted by Crippen LogP contribution is 2.17. The van der Waals surface area contributed by atoms with Crippen molar-refractivity contribution in [3.05, 3.63) is 0 Å². The van der Waals surface area contributed by atoms with E-state index in [0.717, 1.165) is 19.4 Å². The second-order valence-corrected chi connectivity index (χ2v) is 5.11. The van der Waals surface area contributed by atoms with Crippen LogP contribution in [0.4, 0.5) is 0 Å². The second-order valence-electron chi connectivity index (χ2n) is 5.11. The highest BCUT2D eigenvalue weighted by molar-refractivity contribution is 5.72. The molecule has 2 atom stereocenters. The summed E-state index contributed by atoms with van der Waals surface area (Å²) in [6.45, 7) is 7.43. The molecule has 0 radical (unpaired) electrons. The molecule has 1 aliphatic heterocycles. The number of carboxylic acid groups (broad SMARTS) is 1.